The average molecular weight is 1020 g/mol. The standard InChI is InChI=1S/C41H34N3O.C16H17FN.Ir/c1-24(2)29-16-10-17-30(25(3)4)38(29)44-40(43-37-32-15-9-7-13-28(32)23-42-41(37)44)35-19-11-18-34-33-21-20-27(22-36(33)45-39(34)35)31-14-8-6-12-26(31)5;1-11-5-7-13(14(17)9-11)15-8-6-12(10-18-15)16(2,3)4;/h6-18,20-25H,1-5H3;5-6,8-10H,1-4H3;/q2*-1;/i;1D3;. The first-order chi connectivity index (χ1) is 31.5. The van der Waals surface area contributed by atoms with Gasteiger partial charge in [0.05, 0.1) is 11.4 Å². The Morgan fingerprint density at radius 3 is 2.19 bits per heavy atom. The summed E-state index contributed by atoms with van der Waals surface area (Å²) in [5, 5.41) is 4.27. The number of imidazole rings is 1. The average Bonchev–Trinajstić information content (AvgIpc) is 3.87. The fourth-order valence-electron chi connectivity index (χ4n) is 8.44. The maximum Gasteiger partial charge on any atom is 0.156 e. The van der Waals surface area contributed by atoms with Gasteiger partial charge in [-0.05, 0) is 69.3 Å². The van der Waals surface area contributed by atoms with E-state index in [1.807, 2.05) is 24.4 Å². The van der Waals surface area contributed by atoms with Crippen LogP contribution in [0.4, 0.5) is 4.39 Å². The first-order valence-corrected chi connectivity index (χ1v) is 21.5. The Morgan fingerprint density at radius 1 is 0.750 bits per heavy atom. The molecule has 0 aliphatic carbocycles. The zero-order chi connectivity index (χ0) is 46.7. The molecule has 0 saturated carbocycles. The number of fused-ring (bicyclic) bond motifs is 6. The van der Waals surface area contributed by atoms with Crippen LogP contribution < -0.4 is 0 Å². The SMILES string of the molecule is Cc1ccccc1-c1ccc2c(c1)oc1c(-c3nc4c5ccccc5cnc4n3-c3c(C(C)C)cccc3C(C)C)[c-]ccc12.[2H]C([2H])([2H])c1c[c-]c(-c2ccc(C(C)(C)C)cn2)c(F)c1.[Ir]. The molecule has 4 heterocycles. The third-order valence-electron chi connectivity index (χ3n) is 11.9. The second-order valence-electron chi connectivity index (χ2n) is 17.9. The topological polar surface area (TPSA) is 56.7 Å². The number of aryl methyl sites for hydroxylation is 2. The predicted octanol–water partition coefficient (Wildman–Crippen LogP) is 15.5. The number of rotatable bonds is 6. The fraction of sp³-hybridized carbons (Fsp3) is 0.211. The molecule has 0 fully saturated rings. The minimum atomic E-state index is -2.33. The maximum absolute atomic E-state index is 14.1. The first-order valence-electron chi connectivity index (χ1n) is 23.0. The molecule has 0 bridgehead atoms. The van der Waals surface area contributed by atoms with E-state index in [2.05, 4.69) is 162 Å². The third kappa shape index (κ3) is 8.19. The Labute approximate surface area is 393 Å². The van der Waals surface area contributed by atoms with E-state index in [-0.39, 0.29) is 36.6 Å². The van der Waals surface area contributed by atoms with Gasteiger partial charge in [-0.15, -0.1) is 42.0 Å². The zero-order valence-corrected chi connectivity index (χ0v) is 39.7. The van der Waals surface area contributed by atoms with Gasteiger partial charge in [0, 0.05) is 64.3 Å². The molecule has 1 radical (unpaired) electrons. The van der Waals surface area contributed by atoms with Gasteiger partial charge in [0.1, 0.15) is 11.1 Å². The number of hydrogen-bond acceptors (Lipinski definition) is 4. The minimum absolute atomic E-state index is 0. The van der Waals surface area contributed by atoms with Crippen molar-refractivity contribution in [3.05, 3.63) is 179 Å². The third-order valence-corrected chi connectivity index (χ3v) is 11.9. The van der Waals surface area contributed by atoms with Crippen LogP contribution in [0.1, 0.15) is 92.2 Å². The number of pyridine rings is 2. The van der Waals surface area contributed by atoms with Crippen molar-refractivity contribution in [2.24, 2.45) is 0 Å². The van der Waals surface area contributed by atoms with Gasteiger partial charge in [0.25, 0.3) is 0 Å². The first kappa shape index (κ1) is 40.5. The van der Waals surface area contributed by atoms with E-state index in [4.69, 9.17) is 18.5 Å². The van der Waals surface area contributed by atoms with Gasteiger partial charge in [0.15, 0.2) is 5.65 Å². The van der Waals surface area contributed by atoms with Crippen molar-refractivity contribution < 1.29 is 33.0 Å². The van der Waals surface area contributed by atoms with E-state index in [0.717, 1.165) is 78.1 Å². The number of hydrogen-bond donors (Lipinski definition) is 0. The van der Waals surface area contributed by atoms with Crippen molar-refractivity contribution in [1.82, 2.24) is 19.5 Å². The van der Waals surface area contributed by atoms with Crippen molar-refractivity contribution in [1.29, 1.82) is 0 Å². The van der Waals surface area contributed by atoms with Gasteiger partial charge in [-0.1, -0.05) is 163 Å². The summed E-state index contributed by atoms with van der Waals surface area (Å²) >= 11 is 0. The van der Waals surface area contributed by atoms with Crippen LogP contribution in [0.3, 0.4) is 0 Å². The molecular weight excluding hydrogens is 968 g/mol. The van der Waals surface area contributed by atoms with Crippen molar-refractivity contribution in [2.75, 3.05) is 0 Å². The van der Waals surface area contributed by atoms with Crippen molar-refractivity contribution in [3.63, 3.8) is 0 Å². The normalized spacial score (nSPS) is 12.6. The van der Waals surface area contributed by atoms with Crippen molar-refractivity contribution in [3.8, 4) is 39.5 Å². The number of aromatic nitrogens is 4. The molecule has 0 spiro atoms. The van der Waals surface area contributed by atoms with Crippen LogP contribution in [-0.4, -0.2) is 19.5 Å². The molecule has 10 aromatic rings. The molecule has 5 nitrogen and oxygen atoms in total. The Balaban J connectivity index is 0.000000234. The van der Waals surface area contributed by atoms with Crippen molar-refractivity contribution >= 4 is 43.9 Å². The summed E-state index contributed by atoms with van der Waals surface area (Å²) in [7, 11) is 0. The number of furan rings is 1. The van der Waals surface area contributed by atoms with Gasteiger partial charge in [-0.3, -0.25) is 9.37 Å². The van der Waals surface area contributed by atoms with Crippen LogP contribution in [0.2, 0.25) is 0 Å². The van der Waals surface area contributed by atoms with Crippen molar-refractivity contribution in [2.45, 2.75) is 79.5 Å². The molecular formula is C57H51FIrN4O-2. The molecule has 323 valence electrons. The monoisotopic (exact) mass is 1020 g/mol. The summed E-state index contributed by atoms with van der Waals surface area (Å²) < 4.78 is 44.9. The van der Waals surface area contributed by atoms with Gasteiger partial charge in [0.2, 0.25) is 0 Å². The van der Waals surface area contributed by atoms with Gasteiger partial charge < -0.3 is 14.0 Å². The van der Waals surface area contributed by atoms with Gasteiger partial charge in [-0.25, -0.2) is 4.98 Å². The molecule has 0 atom stereocenters. The van der Waals surface area contributed by atoms with Crippen LogP contribution in [0, 0.1) is 31.7 Å². The fourth-order valence-corrected chi connectivity index (χ4v) is 8.44. The second kappa shape index (κ2) is 17.7. The van der Waals surface area contributed by atoms with E-state index in [1.54, 1.807) is 12.3 Å². The van der Waals surface area contributed by atoms with Crippen LogP contribution in [-0.2, 0) is 25.5 Å². The van der Waals surface area contributed by atoms with Gasteiger partial charge in [-0.2, -0.15) is 0 Å². The number of para-hydroxylation sites is 1. The molecule has 64 heavy (non-hydrogen) atoms. The molecule has 6 aromatic carbocycles. The Kier molecular flexibility index (Phi) is 11.2. The van der Waals surface area contributed by atoms with E-state index in [9.17, 15) is 4.39 Å². The quantitative estimate of drug-likeness (QED) is 0.156. The number of halogens is 1. The van der Waals surface area contributed by atoms with Crippen LogP contribution >= 0.6 is 0 Å². The number of benzene rings is 6. The molecule has 0 amide bonds. The summed E-state index contributed by atoms with van der Waals surface area (Å²) in [5.41, 5.74) is 13.0. The van der Waals surface area contributed by atoms with E-state index >= 15 is 0 Å². The summed E-state index contributed by atoms with van der Waals surface area (Å²) in [5.74, 6) is 0.762. The van der Waals surface area contributed by atoms with Crippen LogP contribution in [0.25, 0.3) is 83.3 Å². The second-order valence-corrected chi connectivity index (χ2v) is 17.9. The molecule has 4 aromatic heterocycles. The number of nitrogens with zero attached hydrogens (tertiary/aromatic N) is 4. The van der Waals surface area contributed by atoms with E-state index in [0.29, 0.717) is 17.5 Å². The summed E-state index contributed by atoms with van der Waals surface area (Å²) in [6.45, 7) is 15.0. The molecule has 7 heteroatoms. The zero-order valence-electron chi connectivity index (χ0n) is 40.3. The Hall–Kier alpha value is -6.27. The molecule has 0 saturated heterocycles. The maximum atomic E-state index is 14.1. The summed E-state index contributed by atoms with van der Waals surface area (Å²) in [6.07, 6.45) is 3.67. The van der Waals surface area contributed by atoms with Gasteiger partial charge >= 0.3 is 0 Å². The molecule has 0 N–H and O–H groups in total. The summed E-state index contributed by atoms with van der Waals surface area (Å²) in [6, 6.07) is 46.3. The smallest absolute Gasteiger partial charge is 0.156 e. The Bertz CT molecular complexity index is 3410. The Morgan fingerprint density at radius 2 is 1.50 bits per heavy atom. The molecule has 10 rings (SSSR count). The van der Waals surface area contributed by atoms with Crippen LogP contribution in [0.15, 0.2) is 138 Å². The predicted molar refractivity (Wildman–Crippen MR) is 258 cm³/mol. The molecule has 0 aliphatic rings. The molecule has 0 unspecified atom stereocenters. The summed E-state index contributed by atoms with van der Waals surface area (Å²) in [4.78, 5) is 14.7. The van der Waals surface area contributed by atoms with Crippen LogP contribution in [0.5, 0.6) is 0 Å². The largest absolute Gasteiger partial charge is 0.501 e. The molecule has 0 aliphatic heterocycles. The minimum Gasteiger partial charge on any atom is -0.501 e. The van der Waals surface area contributed by atoms with E-state index < -0.39 is 12.7 Å². The van der Waals surface area contributed by atoms with E-state index in [1.165, 1.54) is 28.3 Å².